The van der Waals surface area contributed by atoms with Crippen LogP contribution in [0.15, 0.2) is 24.3 Å². The molecule has 1 aromatic carbocycles. The molecule has 0 aliphatic carbocycles. The fourth-order valence-electron chi connectivity index (χ4n) is 2.35. The van der Waals surface area contributed by atoms with Gasteiger partial charge in [-0.1, -0.05) is 26.0 Å². The summed E-state index contributed by atoms with van der Waals surface area (Å²) in [6, 6.07) is 7.35. The predicted molar refractivity (Wildman–Crippen MR) is 82.3 cm³/mol. The molecule has 112 valence electrons. The maximum atomic E-state index is 12.0. The second-order valence-corrected chi connectivity index (χ2v) is 5.38. The van der Waals surface area contributed by atoms with Crippen molar-refractivity contribution in [2.45, 2.75) is 39.5 Å². The summed E-state index contributed by atoms with van der Waals surface area (Å²) in [6.07, 6.45) is 2.99. The van der Waals surface area contributed by atoms with Crippen molar-refractivity contribution in [3.05, 3.63) is 29.8 Å². The Kier molecular flexibility index (Phi) is 6.52. The van der Waals surface area contributed by atoms with Crippen LogP contribution in [0.3, 0.4) is 0 Å². The Bertz CT molecular complexity index is 411. The molecule has 0 aliphatic heterocycles. The van der Waals surface area contributed by atoms with Crippen molar-refractivity contribution in [3.63, 3.8) is 0 Å². The topological polar surface area (TPSA) is 75.3 Å². The molecule has 4 N–H and O–H groups in total. The maximum Gasteiger partial charge on any atom is 0.224 e. The largest absolute Gasteiger partial charge is 0.399 e. The zero-order chi connectivity index (χ0) is 15.0. The summed E-state index contributed by atoms with van der Waals surface area (Å²) in [5, 5.41) is 12.2. The molecular formula is C16H26N2O2. The second kappa shape index (κ2) is 7.90. The van der Waals surface area contributed by atoms with Crippen LogP contribution in [0.4, 0.5) is 5.69 Å². The van der Waals surface area contributed by atoms with E-state index in [0.717, 1.165) is 24.8 Å². The average molecular weight is 278 g/mol. The molecule has 0 aliphatic rings. The first kappa shape index (κ1) is 16.5. The van der Waals surface area contributed by atoms with Crippen molar-refractivity contribution in [2.24, 2.45) is 5.41 Å². The molecule has 0 spiro atoms. The molecule has 0 saturated carbocycles. The molecule has 1 aromatic rings. The summed E-state index contributed by atoms with van der Waals surface area (Å²) >= 11 is 0. The highest BCUT2D eigenvalue weighted by Crippen LogP contribution is 2.29. The lowest BCUT2D eigenvalue weighted by Crippen LogP contribution is -2.38. The van der Waals surface area contributed by atoms with Gasteiger partial charge in [-0.3, -0.25) is 4.79 Å². The number of benzene rings is 1. The van der Waals surface area contributed by atoms with Crippen LogP contribution < -0.4 is 11.1 Å². The number of hydrogen-bond donors (Lipinski definition) is 3. The maximum absolute atomic E-state index is 12.0. The SMILES string of the molecule is CCC(CC)(CCO)CNC(=O)Cc1ccc(N)cc1. The number of rotatable bonds is 8. The quantitative estimate of drug-likeness (QED) is 0.638. The number of nitrogens with one attached hydrogen (secondary N) is 1. The Labute approximate surface area is 121 Å². The van der Waals surface area contributed by atoms with Gasteiger partial charge in [0.15, 0.2) is 0 Å². The standard InChI is InChI=1S/C16H26N2O2/c1-3-16(4-2,9-10-19)12-18-15(20)11-13-5-7-14(17)8-6-13/h5-8,19H,3-4,9-12,17H2,1-2H3,(H,18,20). The van der Waals surface area contributed by atoms with Gasteiger partial charge in [-0.25, -0.2) is 0 Å². The Hall–Kier alpha value is -1.55. The van der Waals surface area contributed by atoms with E-state index in [2.05, 4.69) is 19.2 Å². The van der Waals surface area contributed by atoms with Crippen LogP contribution in [0.5, 0.6) is 0 Å². The lowest BCUT2D eigenvalue weighted by molar-refractivity contribution is -0.121. The highest BCUT2D eigenvalue weighted by Gasteiger charge is 2.25. The van der Waals surface area contributed by atoms with Gasteiger partial charge < -0.3 is 16.2 Å². The van der Waals surface area contributed by atoms with Crippen LogP contribution in [0.1, 0.15) is 38.7 Å². The monoisotopic (exact) mass is 278 g/mol. The first-order chi connectivity index (χ1) is 9.55. The number of nitrogens with two attached hydrogens (primary N) is 1. The molecular weight excluding hydrogens is 252 g/mol. The molecule has 0 saturated heterocycles. The molecule has 4 heteroatoms. The summed E-state index contributed by atoms with van der Waals surface area (Å²) < 4.78 is 0. The first-order valence-electron chi connectivity index (χ1n) is 7.27. The number of aliphatic hydroxyl groups excluding tert-OH is 1. The van der Waals surface area contributed by atoms with E-state index in [1.54, 1.807) is 12.1 Å². The Balaban J connectivity index is 2.51. The van der Waals surface area contributed by atoms with Crippen LogP contribution >= 0.6 is 0 Å². The summed E-state index contributed by atoms with van der Waals surface area (Å²) in [7, 11) is 0. The zero-order valence-corrected chi connectivity index (χ0v) is 12.5. The van der Waals surface area contributed by atoms with E-state index >= 15 is 0 Å². The van der Waals surface area contributed by atoms with Gasteiger partial charge in [0.1, 0.15) is 0 Å². The lowest BCUT2D eigenvalue weighted by atomic mass is 9.79. The number of carbonyl (C=O) groups excluding carboxylic acids is 1. The number of carbonyl (C=O) groups is 1. The summed E-state index contributed by atoms with van der Waals surface area (Å²) in [4.78, 5) is 12.0. The molecule has 0 aromatic heterocycles. The van der Waals surface area contributed by atoms with Gasteiger partial charge in [0, 0.05) is 18.8 Å². The van der Waals surface area contributed by atoms with E-state index < -0.39 is 0 Å². The van der Waals surface area contributed by atoms with Gasteiger partial charge >= 0.3 is 0 Å². The second-order valence-electron chi connectivity index (χ2n) is 5.38. The van der Waals surface area contributed by atoms with Gasteiger partial charge in [-0.15, -0.1) is 0 Å². The smallest absolute Gasteiger partial charge is 0.224 e. The molecule has 1 rings (SSSR count). The normalized spacial score (nSPS) is 11.3. The van der Waals surface area contributed by atoms with E-state index in [1.807, 2.05) is 12.1 Å². The zero-order valence-electron chi connectivity index (χ0n) is 12.5. The number of hydrogen-bond acceptors (Lipinski definition) is 3. The van der Waals surface area contributed by atoms with E-state index in [-0.39, 0.29) is 17.9 Å². The highest BCUT2D eigenvalue weighted by molar-refractivity contribution is 5.78. The Morgan fingerprint density at radius 3 is 2.35 bits per heavy atom. The first-order valence-corrected chi connectivity index (χ1v) is 7.27. The van der Waals surface area contributed by atoms with Crippen molar-refractivity contribution in [2.75, 3.05) is 18.9 Å². The number of anilines is 1. The number of nitrogen functional groups attached to an aromatic ring is 1. The summed E-state index contributed by atoms with van der Waals surface area (Å²) in [5.41, 5.74) is 7.28. The van der Waals surface area contributed by atoms with Gasteiger partial charge in [-0.2, -0.15) is 0 Å². The number of aliphatic hydroxyl groups is 1. The minimum atomic E-state index is 0.00548. The molecule has 20 heavy (non-hydrogen) atoms. The molecule has 0 unspecified atom stereocenters. The van der Waals surface area contributed by atoms with E-state index in [1.165, 1.54) is 0 Å². The van der Waals surface area contributed by atoms with Crippen molar-refractivity contribution >= 4 is 11.6 Å². The molecule has 0 fully saturated rings. The molecule has 4 nitrogen and oxygen atoms in total. The molecule has 0 atom stereocenters. The van der Waals surface area contributed by atoms with Gasteiger partial charge in [0.05, 0.1) is 6.42 Å². The third-order valence-corrected chi connectivity index (χ3v) is 4.15. The third kappa shape index (κ3) is 4.85. The fourth-order valence-corrected chi connectivity index (χ4v) is 2.35. The van der Waals surface area contributed by atoms with Gasteiger partial charge in [-0.05, 0) is 42.4 Å². The lowest BCUT2D eigenvalue weighted by Gasteiger charge is -2.31. The minimum Gasteiger partial charge on any atom is -0.399 e. The van der Waals surface area contributed by atoms with E-state index in [9.17, 15) is 4.79 Å². The van der Waals surface area contributed by atoms with Crippen LogP contribution in [0, 0.1) is 5.41 Å². The van der Waals surface area contributed by atoms with Crippen molar-refractivity contribution < 1.29 is 9.90 Å². The van der Waals surface area contributed by atoms with Crippen molar-refractivity contribution in [1.82, 2.24) is 5.32 Å². The van der Waals surface area contributed by atoms with Crippen molar-refractivity contribution in [3.8, 4) is 0 Å². The van der Waals surface area contributed by atoms with Crippen LogP contribution in [0.2, 0.25) is 0 Å². The fraction of sp³-hybridized carbons (Fsp3) is 0.562. The predicted octanol–water partition coefficient (Wildman–Crippen LogP) is 2.12. The van der Waals surface area contributed by atoms with Crippen LogP contribution in [-0.2, 0) is 11.2 Å². The Morgan fingerprint density at radius 1 is 1.25 bits per heavy atom. The highest BCUT2D eigenvalue weighted by atomic mass is 16.3. The molecule has 0 radical (unpaired) electrons. The van der Waals surface area contributed by atoms with Crippen molar-refractivity contribution in [1.29, 1.82) is 0 Å². The molecule has 0 bridgehead atoms. The van der Waals surface area contributed by atoms with Gasteiger partial charge in [0.25, 0.3) is 0 Å². The van der Waals surface area contributed by atoms with Crippen LogP contribution in [-0.4, -0.2) is 24.2 Å². The van der Waals surface area contributed by atoms with E-state index in [0.29, 0.717) is 18.7 Å². The third-order valence-electron chi connectivity index (χ3n) is 4.15. The summed E-state index contributed by atoms with van der Waals surface area (Å²) in [5.74, 6) is 0.0130. The van der Waals surface area contributed by atoms with Crippen LogP contribution in [0.25, 0.3) is 0 Å². The Morgan fingerprint density at radius 2 is 1.85 bits per heavy atom. The minimum absolute atomic E-state index is 0.00548. The average Bonchev–Trinajstić information content (AvgIpc) is 2.46. The number of amides is 1. The summed E-state index contributed by atoms with van der Waals surface area (Å²) in [6.45, 7) is 4.99. The molecule has 1 amide bonds. The van der Waals surface area contributed by atoms with E-state index in [4.69, 9.17) is 10.8 Å². The van der Waals surface area contributed by atoms with Gasteiger partial charge in [0.2, 0.25) is 5.91 Å². The molecule has 0 heterocycles.